The number of nitrogens with zero attached hydrogens (tertiary/aromatic N) is 3. The van der Waals surface area contributed by atoms with Gasteiger partial charge in [0, 0.05) is 30.4 Å². The van der Waals surface area contributed by atoms with Gasteiger partial charge >= 0.3 is 5.97 Å². The third kappa shape index (κ3) is 4.57. The van der Waals surface area contributed by atoms with Crippen molar-refractivity contribution in [2.75, 3.05) is 33.9 Å². The maximum Gasteiger partial charge on any atom is 0.338 e. The van der Waals surface area contributed by atoms with Crippen LogP contribution in [0, 0.1) is 0 Å². The molecule has 1 atom stereocenters. The summed E-state index contributed by atoms with van der Waals surface area (Å²) in [4.78, 5) is 34.8. The first-order valence-corrected chi connectivity index (χ1v) is 12.1. The van der Waals surface area contributed by atoms with Gasteiger partial charge in [0.2, 0.25) is 5.91 Å². The van der Waals surface area contributed by atoms with Crippen molar-refractivity contribution in [2.45, 2.75) is 32.2 Å². The Labute approximate surface area is 203 Å². The molecule has 8 nitrogen and oxygen atoms in total. The molecule has 1 saturated heterocycles. The van der Waals surface area contributed by atoms with Crippen LogP contribution < -0.4 is 9.47 Å². The summed E-state index contributed by atoms with van der Waals surface area (Å²) in [5.41, 5.74) is 2.51. The van der Waals surface area contributed by atoms with E-state index < -0.39 is 12.0 Å². The molecule has 0 N–H and O–H groups in total. The molecular formula is C25H29N3O5S. The van der Waals surface area contributed by atoms with Gasteiger partial charge in [0.15, 0.2) is 5.17 Å². The average Bonchev–Trinajstić information content (AvgIpc) is 3.52. The van der Waals surface area contributed by atoms with Crippen molar-refractivity contribution in [2.24, 2.45) is 4.99 Å². The molecule has 0 aliphatic carbocycles. The summed E-state index contributed by atoms with van der Waals surface area (Å²) in [5.74, 6) is 0.797. The van der Waals surface area contributed by atoms with Crippen molar-refractivity contribution in [1.82, 2.24) is 9.80 Å². The number of likely N-dealkylation sites (tertiary alicyclic amines) is 1. The number of aliphatic imine (C=N–C) groups is 1. The lowest BCUT2D eigenvalue weighted by Crippen LogP contribution is -2.38. The third-order valence-corrected chi connectivity index (χ3v) is 6.97. The number of ether oxygens (including phenoxy) is 3. The number of carbonyl (C=O) groups excluding carboxylic acids is 2. The van der Waals surface area contributed by atoms with Gasteiger partial charge in [-0.2, -0.15) is 0 Å². The Hall–Kier alpha value is -3.20. The number of benzene rings is 1. The zero-order valence-corrected chi connectivity index (χ0v) is 20.5. The van der Waals surface area contributed by atoms with Crippen LogP contribution in [0.15, 0.2) is 58.2 Å². The van der Waals surface area contributed by atoms with Crippen LogP contribution in [0.3, 0.4) is 0 Å². The molecule has 3 aliphatic rings. The van der Waals surface area contributed by atoms with Gasteiger partial charge in [-0.05, 0) is 37.3 Å². The van der Waals surface area contributed by atoms with Crippen LogP contribution >= 0.6 is 11.8 Å². The van der Waals surface area contributed by atoms with Crippen LogP contribution in [0.25, 0.3) is 0 Å². The Morgan fingerprint density at radius 2 is 2.00 bits per heavy atom. The van der Waals surface area contributed by atoms with E-state index in [-0.39, 0.29) is 18.9 Å². The Balaban J connectivity index is 1.77. The third-order valence-electron chi connectivity index (χ3n) is 6.08. The quantitative estimate of drug-likeness (QED) is 0.408. The van der Waals surface area contributed by atoms with Crippen molar-refractivity contribution in [3.8, 4) is 11.5 Å². The molecule has 1 aromatic rings. The fraction of sp³-hybridized carbons (Fsp3) is 0.400. The topological polar surface area (TPSA) is 80.7 Å². The van der Waals surface area contributed by atoms with Crippen LogP contribution in [0.4, 0.5) is 0 Å². The minimum atomic E-state index is -0.571. The van der Waals surface area contributed by atoms with Gasteiger partial charge in [-0.25, -0.2) is 9.79 Å². The van der Waals surface area contributed by atoms with E-state index in [4.69, 9.17) is 19.2 Å². The van der Waals surface area contributed by atoms with E-state index in [1.807, 2.05) is 27.3 Å². The highest BCUT2D eigenvalue weighted by Gasteiger charge is 2.42. The van der Waals surface area contributed by atoms with E-state index in [0.717, 1.165) is 37.2 Å². The number of fused-ring (bicyclic) bond motifs is 1. The van der Waals surface area contributed by atoms with Crippen molar-refractivity contribution in [1.29, 1.82) is 0 Å². The standard InChI is InChI=1S/C25H29N3O5S/c1-5-12-33-24(30)22-16(2)26-25-28(17(15-34-25)13-21(29)27-10-6-7-11-27)23(22)19-9-8-18(31-3)14-20(19)32-4/h5,8-9,14-15,23H,1,6-7,10-13H2,2-4H3/t23-/m1/s1. The molecule has 0 aromatic heterocycles. The lowest BCUT2D eigenvalue weighted by Gasteiger charge is -2.37. The SMILES string of the molecule is C=CCOC(=O)C1=C(C)N=C2SC=C(CC(=O)N3CCCC3)N2[C@@H]1c1ccc(OC)cc1OC. The minimum Gasteiger partial charge on any atom is -0.497 e. The molecule has 3 heterocycles. The average molecular weight is 484 g/mol. The Bertz CT molecular complexity index is 1090. The molecule has 1 fully saturated rings. The second-order valence-electron chi connectivity index (χ2n) is 8.15. The number of amides is 1. The van der Waals surface area contributed by atoms with Gasteiger partial charge in [0.25, 0.3) is 0 Å². The number of thioether (sulfide) groups is 1. The predicted octanol–water partition coefficient (Wildman–Crippen LogP) is 4.02. The predicted molar refractivity (Wildman–Crippen MR) is 132 cm³/mol. The van der Waals surface area contributed by atoms with Crippen LogP contribution in [-0.2, 0) is 14.3 Å². The largest absolute Gasteiger partial charge is 0.497 e. The zero-order valence-electron chi connectivity index (χ0n) is 19.7. The van der Waals surface area contributed by atoms with Gasteiger partial charge in [-0.15, -0.1) is 0 Å². The molecule has 180 valence electrons. The van der Waals surface area contributed by atoms with Crippen molar-refractivity contribution in [3.05, 3.63) is 58.8 Å². The van der Waals surface area contributed by atoms with Gasteiger partial charge in [0.05, 0.1) is 38.0 Å². The highest BCUT2D eigenvalue weighted by molar-refractivity contribution is 8.16. The smallest absolute Gasteiger partial charge is 0.338 e. The highest BCUT2D eigenvalue weighted by atomic mass is 32.2. The monoisotopic (exact) mass is 483 g/mol. The van der Waals surface area contributed by atoms with Crippen molar-refractivity contribution >= 4 is 28.8 Å². The molecule has 0 unspecified atom stereocenters. The van der Waals surface area contributed by atoms with E-state index in [2.05, 4.69) is 6.58 Å². The van der Waals surface area contributed by atoms with E-state index in [9.17, 15) is 9.59 Å². The molecule has 0 spiro atoms. The molecule has 9 heteroatoms. The molecule has 1 aromatic carbocycles. The summed E-state index contributed by atoms with van der Waals surface area (Å²) < 4.78 is 16.5. The highest BCUT2D eigenvalue weighted by Crippen LogP contribution is 2.47. The molecule has 0 bridgehead atoms. The molecule has 4 rings (SSSR count). The first-order valence-electron chi connectivity index (χ1n) is 11.2. The van der Waals surface area contributed by atoms with E-state index >= 15 is 0 Å². The van der Waals surface area contributed by atoms with Crippen LogP contribution in [0.5, 0.6) is 11.5 Å². The molecular weight excluding hydrogens is 454 g/mol. The first-order chi connectivity index (χ1) is 16.5. The molecule has 3 aliphatic heterocycles. The number of amidine groups is 1. The van der Waals surface area contributed by atoms with Crippen LogP contribution in [0.2, 0.25) is 0 Å². The summed E-state index contributed by atoms with van der Waals surface area (Å²) in [6, 6.07) is 4.92. The maximum atomic E-state index is 13.2. The lowest BCUT2D eigenvalue weighted by molar-refractivity contribution is -0.138. The first kappa shape index (κ1) is 23.9. The number of rotatable bonds is 8. The summed E-state index contributed by atoms with van der Waals surface area (Å²) >= 11 is 1.45. The van der Waals surface area contributed by atoms with Gasteiger partial charge in [0.1, 0.15) is 18.1 Å². The van der Waals surface area contributed by atoms with Crippen molar-refractivity contribution < 1.29 is 23.8 Å². The van der Waals surface area contributed by atoms with Crippen molar-refractivity contribution in [3.63, 3.8) is 0 Å². The summed E-state index contributed by atoms with van der Waals surface area (Å²) in [5, 5.41) is 2.66. The lowest BCUT2D eigenvalue weighted by atomic mass is 9.93. The van der Waals surface area contributed by atoms with E-state index in [1.54, 1.807) is 27.2 Å². The molecule has 0 saturated carbocycles. The van der Waals surface area contributed by atoms with Gasteiger partial charge in [-0.1, -0.05) is 24.4 Å². The number of carbonyl (C=O) groups is 2. The summed E-state index contributed by atoms with van der Waals surface area (Å²) in [7, 11) is 3.17. The normalized spacial score (nSPS) is 19.4. The Kier molecular flexibility index (Phi) is 7.31. The maximum absolute atomic E-state index is 13.2. The van der Waals surface area contributed by atoms with E-state index in [0.29, 0.717) is 27.9 Å². The number of hydrogen-bond acceptors (Lipinski definition) is 8. The van der Waals surface area contributed by atoms with E-state index in [1.165, 1.54) is 17.8 Å². The number of hydrogen-bond donors (Lipinski definition) is 0. The van der Waals surface area contributed by atoms with Crippen LogP contribution in [-0.4, -0.2) is 60.8 Å². The van der Waals surface area contributed by atoms with Gasteiger partial charge < -0.3 is 24.0 Å². The second kappa shape index (κ2) is 10.4. The zero-order chi connectivity index (χ0) is 24.2. The molecule has 34 heavy (non-hydrogen) atoms. The number of allylic oxidation sites excluding steroid dienone is 1. The number of methoxy groups -OCH3 is 2. The Morgan fingerprint density at radius 1 is 1.24 bits per heavy atom. The summed E-state index contributed by atoms with van der Waals surface area (Å²) in [6.45, 7) is 7.09. The fourth-order valence-electron chi connectivity index (χ4n) is 4.42. The minimum absolute atomic E-state index is 0.0769. The molecule has 1 amide bonds. The molecule has 0 radical (unpaired) electrons. The van der Waals surface area contributed by atoms with Crippen LogP contribution in [0.1, 0.15) is 37.8 Å². The Morgan fingerprint density at radius 3 is 2.68 bits per heavy atom. The second-order valence-corrected chi connectivity index (χ2v) is 8.99. The fourth-order valence-corrected chi connectivity index (χ4v) is 5.38. The van der Waals surface area contributed by atoms with Gasteiger partial charge in [-0.3, -0.25) is 4.79 Å². The summed E-state index contributed by atoms with van der Waals surface area (Å²) in [6.07, 6.45) is 3.82. The number of esters is 1.